The van der Waals surface area contributed by atoms with Crippen LogP contribution in [0.4, 0.5) is 0 Å². The van der Waals surface area contributed by atoms with Crippen LogP contribution in [0.25, 0.3) is 0 Å². The molecule has 0 aromatic heterocycles. The van der Waals surface area contributed by atoms with Gasteiger partial charge in [0.05, 0.1) is 15.8 Å². The number of hydrogen-bond donors (Lipinski definition) is 1. The van der Waals surface area contributed by atoms with Crippen LogP contribution < -0.4 is 5.32 Å². The van der Waals surface area contributed by atoms with Crippen molar-refractivity contribution in [3.63, 3.8) is 0 Å². The molecule has 1 aromatic carbocycles. The molecule has 1 fully saturated rings. The molecule has 1 aliphatic carbocycles. The average Bonchev–Trinajstić information content (AvgIpc) is 2.41. The Morgan fingerprint density at radius 3 is 2.60 bits per heavy atom. The summed E-state index contributed by atoms with van der Waals surface area (Å²) in [6, 6.07) is 5.70. The van der Waals surface area contributed by atoms with E-state index in [1.54, 1.807) is 18.2 Å². The first-order chi connectivity index (χ1) is 9.58. The molecular weight excluding hydrogens is 313 g/mol. The summed E-state index contributed by atoms with van der Waals surface area (Å²) < 4.78 is 0. The zero-order valence-electron chi connectivity index (χ0n) is 11.5. The van der Waals surface area contributed by atoms with Crippen molar-refractivity contribution >= 4 is 40.9 Å². The largest absolute Gasteiger partial charge is 0.352 e. The Morgan fingerprint density at radius 2 is 1.95 bits per heavy atom. The molecule has 0 spiro atoms. The van der Waals surface area contributed by atoms with Crippen molar-refractivity contribution in [1.82, 2.24) is 5.32 Å². The summed E-state index contributed by atoms with van der Waals surface area (Å²) in [5, 5.41) is 4.33. The third-order valence-electron chi connectivity index (χ3n) is 3.72. The molecule has 0 heterocycles. The van der Waals surface area contributed by atoms with Crippen LogP contribution in [-0.2, 0) is 4.79 Å². The van der Waals surface area contributed by atoms with Crippen molar-refractivity contribution in [2.75, 3.05) is 5.75 Å². The van der Waals surface area contributed by atoms with E-state index in [0.29, 0.717) is 27.8 Å². The fourth-order valence-electron chi connectivity index (χ4n) is 2.54. The van der Waals surface area contributed by atoms with Gasteiger partial charge in [-0.2, -0.15) is 0 Å². The number of amides is 1. The van der Waals surface area contributed by atoms with E-state index in [1.807, 2.05) is 0 Å². The zero-order chi connectivity index (χ0) is 14.5. The van der Waals surface area contributed by atoms with Crippen LogP contribution in [0, 0.1) is 5.92 Å². The van der Waals surface area contributed by atoms with Gasteiger partial charge in [-0.25, -0.2) is 0 Å². The summed E-state index contributed by atoms with van der Waals surface area (Å²) in [5.41, 5.74) is 0. The quantitative estimate of drug-likeness (QED) is 0.804. The van der Waals surface area contributed by atoms with E-state index in [2.05, 4.69) is 12.2 Å². The molecule has 20 heavy (non-hydrogen) atoms. The van der Waals surface area contributed by atoms with Gasteiger partial charge in [0.2, 0.25) is 5.91 Å². The van der Waals surface area contributed by atoms with Gasteiger partial charge in [-0.05, 0) is 30.9 Å². The summed E-state index contributed by atoms with van der Waals surface area (Å²) in [5.74, 6) is 0.985. The van der Waals surface area contributed by atoms with Crippen molar-refractivity contribution in [1.29, 1.82) is 0 Å². The fraction of sp³-hybridized carbons (Fsp3) is 0.533. The molecule has 2 nitrogen and oxygen atoms in total. The number of nitrogens with one attached hydrogen (secondary N) is 1. The van der Waals surface area contributed by atoms with Crippen molar-refractivity contribution < 1.29 is 4.79 Å². The number of halogens is 2. The number of carbonyl (C=O) groups excluding carboxylic acids is 1. The molecule has 0 radical (unpaired) electrons. The molecule has 110 valence electrons. The number of thioether (sulfide) groups is 1. The zero-order valence-corrected chi connectivity index (χ0v) is 13.8. The highest BCUT2D eigenvalue weighted by Crippen LogP contribution is 2.33. The van der Waals surface area contributed by atoms with Crippen molar-refractivity contribution in [3.8, 4) is 0 Å². The van der Waals surface area contributed by atoms with Gasteiger partial charge in [0.1, 0.15) is 0 Å². The summed E-state index contributed by atoms with van der Waals surface area (Å²) in [4.78, 5) is 12.8. The van der Waals surface area contributed by atoms with Gasteiger partial charge >= 0.3 is 0 Å². The molecular formula is C15H19Cl2NOS. The Bertz CT molecular complexity index is 461. The predicted molar refractivity (Wildman–Crippen MR) is 86.7 cm³/mol. The van der Waals surface area contributed by atoms with Gasteiger partial charge in [-0.1, -0.05) is 49.0 Å². The van der Waals surface area contributed by atoms with Gasteiger partial charge in [-0.15, -0.1) is 11.8 Å². The number of benzene rings is 1. The first kappa shape index (κ1) is 16.0. The maximum atomic E-state index is 12.0. The Balaban J connectivity index is 1.86. The van der Waals surface area contributed by atoms with E-state index in [9.17, 15) is 4.79 Å². The van der Waals surface area contributed by atoms with Gasteiger partial charge in [0.25, 0.3) is 0 Å². The molecule has 0 aliphatic heterocycles. The van der Waals surface area contributed by atoms with Gasteiger partial charge in [-0.3, -0.25) is 4.79 Å². The highest BCUT2D eigenvalue weighted by Gasteiger charge is 2.22. The second-order valence-corrected chi connectivity index (χ2v) is 7.08. The minimum absolute atomic E-state index is 0.0599. The van der Waals surface area contributed by atoms with E-state index in [0.717, 1.165) is 11.3 Å². The van der Waals surface area contributed by atoms with E-state index < -0.39 is 0 Å². The fourth-order valence-corrected chi connectivity index (χ4v) is 4.03. The van der Waals surface area contributed by atoms with Crippen LogP contribution in [0.1, 0.15) is 32.6 Å². The topological polar surface area (TPSA) is 29.1 Å². The smallest absolute Gasteiger partial charge is 0.230 e. The van der Waals surface area contributed by atoms with Crippen molar-refractivity contribution in [3.05, 3.63) is 28.2 Å². The molecule has 2 atom stereocenters. The van der Waals surface area contributed by atoms with E-state index in [4.69, 9.17) is 23.2 Å². The van der Waals surface area contributed by atoms with E-state index in [-0.39, 0.29) is 5.91 Å². The summed E-state index contributed by atoms with van der Waals surface area (Å²) in [6.07, 6.45) is 4.77. The average molecular weight is 332 g/mol. The third-order valence-corrected chi connectivity index (χ3v) is 5.71. The highest BCUT2D eigenvalue weighted by molar-refractivity contribution is 8.00. The number of rotatable bonds is 4. The van der Waals surface area contributed by atoms with Crippen LogP contribution in [0.5, 0.6) is 0 Å². The second-order valence-electron chi connectivity index (χ2n) is 5.28. The van der Waals surface area contributed by atoms with E-state index >= 15 is 0 Å². The first-order valence-electron chi connectivity index (χ1n) is 6.94. The maximum absolute atomic E-state index is 12.0. The molecule has 1 aliphatic rings. The van der Waals surface area contributed by atoms with E-state index in [1.165, 1.54) is 31.0 Å². The third kappa shape index (κ3) is 4.31. The highest BCUT2D eigenvalue weighted by atomic mass is 35.5. The predicted octanol–water partition coefficient (Wildman–Crippen LogP) is 4.78. The summed E-state index contributed by atoms with van der Waals surface area (Å²) >= 11 is 13.6. The molecule has 1 amide bonds. The summed E-state index contributed by atoms with van der Waals surface area (Å²) in [7, 11) is 0. The molecule has 2 rings (SSSR count). The van der Waals surface area contributed by atoms with Crippen LogP contribution in [0.2, 0.25) is 10.0 Å². The molecule has 1 N–H and O–H groups in total. The molecule has 1 saturated carbocycles. The van der Waals surface area contributed by atoms with Crippen LogP contribution in [0.3, 0.4) is 0 Å². The van der Waals surface area contributed by atoms with Gasteiger partial charge in [0, 0.05) is 10.9 Å². The monoisotopic (exact) mass is 331 g/mol. The minimum atomic E-state index is 0.0599. The molecule has 0 unspecified atom stereocenters. The van der Waals surface area contributed by atoms with Crippen molar-refractivity contribution in [2.24, 2.45) is 5.92 Å². The lowest BCUT2D eigenvalue weighted by Gasteiger charge is -2.29. The Morgan fingerprint density at radius 1 is 1.30 bits per heavy atom. The van der Waals surface area contributed by atoms with Gasteiger partial charge < -0.3 is 5.32 Å². The molecule has 1 aromatic rings. The number of carbonyl (C=O) groups is 1. The molecule has 0 bridgehead atoms. The minimum Gasteiger partial charge on any atom is -0.352 e. The normalized spacial score (nSPS) is 22.6. The Hall–Kier alpha value is -0.380. The lowest BCUT2D eigenvalue weighted by molar-refractivity contribution is -0.119. The lowest BCUT2D eigenvalue weighted by atomic mass is 9.86. The summed E-state index contributed by atoms with van der Waals surface area (Å²) in [6.45, 7) is 2.21. The number of hydrogen-bond acceptors (Lipinski definition) is 2. The Kier molecular flexibility index (Phi) is 6.06. The standard InChI is InChI=1S/C15H19Cl2NOS/c1-10-5-2-3-8-13(10)18-14(19)9-20-15-11(16)6-4-7-12(15)17/h4,6-7,10,13H,2-3,5,8-9H2,1H3,(H,18,19)/t10-,13-/m1/s1. The van der Waals surface area contributed by atoms with Crippen LogP contribution in [0.15, 0.2) is 23.1 Å². The Labute approximate surface area is 134 Å². The maximum Gasteiger partial charge on any atom is 0.230 e. The van der Waals surface area contributed by atoms with Crippen LogP contribution in [-0.4, -0.2) is 17.7 Å². The van der Waals surface area contributed by atoms with Gasteiger partial charge in [0.15, 0.2) is 0 Å². The van der Waals surface area contributed by atoms with Crippen LogP contribution >= 0.6 is 35.0 Å². The SMILES string of the molecule is C[C@@H]1CCCC[C@H]1NC(=O)CSc1c(Cl)cccc1Cl. The molecule has 5 heteroatoms. The first-order valence-corrected chi connectivity index (χ1v) is 8.68. The molecule has 0 saturated heterocycles. The lowest BCUT2D eigenvalue weighted by Crippen LogP contribution is -2.41. The van der Waals surface area contributed by atoms with Crippen molar-refractivity contribution in [2.45, 2.75) is 43.5 Å². The second kappa shape index (κ2) is 7.58.